The van der Waals surface area contributed by atoms with E-state index in [1.165, 1.54) is 0 Å². The molecule has 1 N–H and O–H groups in total. The van der Waals surface area contributed by atoms with Gasteiger partial charge in [-0.1, -0.05) is 5.16 Å². The highest BCUT2D eigenvalue weighted by Gasteiger charge is 2.35. The molecule has 1 atom stereocenters. The lowest BCUT2D eigenvalue weighted by Gasteiger charge is -2.24. The van der Waals surface area contributed by atoms with Gasteiger partial charge in [-0.25, -0.2) is 9.97 Å². The number of hydrogen-bond donors (Lipinski definition) is 1. The van der Waals surface area contributed by atoms with Crippen LogP contribution in [0.5, 0.6) is 0 Å². The number of carbonyl (C=O) groups excluding carboxylic acids is 1. The van der Waals surface area contributed by atoms with Crippen LogP contribution in [0, 0.1) is 13.8 Å². The first kappa shape index (κ1) is 17.3. The molecule has 1 aliphatic rings. The Bertz CT molecular complexity index is 774. The van der Waals surface area contributed by atoms with Crippen molar-refractivity contribution in [2.24, 2.45) is 0 Å². The zero-order chi connectivity index (χ0) is 18.0. The lowest BCUT2D eigenvalue weighted by Crippen LogP contribution is -2.32. The molecule has 8 heteroatoms. The maximum absolute atomic E-state index is 13.1. The minimum atomic E-state index is -0.145. The van der Waals surface area contributed by atoms with E-state index in [9.17, 15) is 4.79 Å². The van der Waals surface area contributed by atoms with Crippen molar-refractivity contribution in [2.75, 3.05) is 26.0 Å². The molecular weight excluding hydrogens is 322 g/mol. The van der Waals surface area contributed by atoms with Crippen LogP contribution in [0.2, 0.25) is 0 Å². The van der Waals surface area contributed by atoms with Gasteiger partial charge in [0.15, 0.2) is 5.69 Å². The number of nitrogens with zero attached hydrogens (tertiary/aromatic N) is 4. The number of aryl methyl sites for hydroxylation is 2. The number of ether oxygens (including phenoxy) is 1. The van der Waals surface area contributed by atoms with Crippen molar-refractivity contribution in [3.8, 4) is 0 Å². The Hall–Kier alpha value is -2.48. The van der Waals surface area contributed by atoms with Crippen LogP contribution in [0.15, 0.2) is 10.6 Å². The van der Waals surface area contributed by atoms with Crippen molar-refractivity contribution in [2.45, 2.75) is 39.3 Å². The van der Waals surface area contributed by atoms with Gasteiger partial charge in [0.1, 0.15) is 17.4 Å². The standard InChI is InChI=1S/C17H23N5O3/c1-10-12(9-24-4)16(21-25-10)17(23)22-7-5-6-14(22)13-8-15(18-3)20-11(2)19-13/h8,14H,5-7,9H2,1-4H3,(H,18,19,20). The average Bonchev–Trinajstić information content (AvgIpc) is 3.22. The lowest BCUT2D eigenvalue weighted by atomic mass is 10.1. The Morgan fingerprint density at radius 2 is 2.24 bits per heavy atom. The fraction of sp³-hybridized carbons (Fsp3) is 0.529. The number of carbonyl (C=O) groups is 1. The lowest BCUT2D eigenvalue weighted by molar-refractivity contribution is 0.0718. The van der Waals surface area contributed by atoms with E-state index < -0.39 is 0 Å². The molecule has 2 aromatic heterocycles. The number of hydrogen-bond acceptors (Lipinski definition) is 7. The first-order valence-electron chi connectivity index (χ1n) is 8.33. The van der Waals surface area contributed by atoms with E-state index >= 15 is 0 Å². The van der Waals surface area contributed by atoms with Crippen molar-refractivity contribution in [1.82, 2.24) is 20.0 Å². The molecular formula is C17H23N5O3. The summed E-state index contributed by atoms with van der Waals surface area (Å²) in [5, 5.41) is 7.01. The predicted molar refractivity (Wildman–Crippen MR) is 91.3 cm³/mol. The number of amides is 1. The van der Waals surface area contributed by atoms with E-state index in [-0.39, 0.29) is 11.9 Å². The Morgan fingerprint density at radius 1 is 1.44 bits per heavy atom. The van der Waals surface area contributed by atoms with Crippen LogP contribution in [0.1, 0.15) is 52.2 Å². The van der Waals surface area contributed by atoms with Crippen molar-refractivity contribution in [1.29, 1.82) is 0 Å². The summed E-state index contributed by atoms with van der Waals surface area (Å²) in [6.45, 7) is 4.60. The van der Waals surface area contributed by atoms with Crippen molar-refractivity contribution in [3.63, 3.8) is 0 Å². The molecule has 3 rings (SSSR count). The fourth-order valence-electron chi connectivity index (χ4n) is 3.22. The Labute approximate surface area is 146 Å². The van der Waals surface area contributed by atoms with Gasteiger partial charge < -0.3 is 19.5 Å². The molecule has 8 nitrogen and oxygen atoms in total. The van der Waals surface area contributed by atoms with Gasteiger partial charge in [-0.3, -0.25) is 4.79 Å². The normalized spacial score (nSPS) is 17.1. The van der Waals surface area contributed by atoms with E-state index in [4.69, 9.17) is 9.26 Å². The number of nitrogens with one attached hydrogen (secondary N) is 1. The minimum Gasteiger partial charge on any atom is -0.380 e. The number of likely N-dealkylation sites (tertiary alicyclic amines) is 1. The first-order valence-corrected chi connectivity index (χ1v) is 8.33. The fourth-order valence-corrected chi connectivity index (χ4v) is 3.22. The summed E-state index contributed by atoms with van der Waals surface area (Å²) in [7, 11) is 3.40. The summed E-state index contributed by atoms with van der Waals surface area (Å²) in [6.07, 6.45) is 1.78. The molecule has 1 unspecified atom stereocenters. The van der Waals surface area contributed by atoms with E-state index in [1.54, 1.807) is 14.0 Å². The number of anilines is 1. The van der Waals surface area contributed by atoms with Gasteiger partial charge in [0.05, 0.1) is 23.9 Å². The van der Waals surface area contributed by atoms with Crippen LogP contribution in [-0.2, 0) is 11.3 Å². The average molecular weight is 345 g/mol. The molecule has 2 aromatic rings. The van der Waals surface area contributed by atoms with Gasteiger partial charge in [-0.2, -0.15) is 0 Å². The highest BCUT2D eigenvalue weighted by molar-refractivity contribution is 5.94. The summed E-state index contributed by atoms with van der Waals surface area (Å²) >= 11 is 0. The van der Waals surface area contributed by atoms with Crippen LogP contribution < -0.4 is 5.32 Å². The topological polar surface area (TPSA) is 93.4 Å². The molecule has 1 fully saturated rings. The number of rotatable bonds is 5. The maximum Gasteiger partial charge on any atom is 0.276 e. The monoisotopic (exact) mass is 345 g/mol. The van der Waals surface area contributed by atoms with Crippen molar-refractivity contribution >= 4 is 11.7 Å². The van der Waals surface area contributed by atoms with Crippen LogP contribution in [0.3, 0.4) is 0 Å². The zero-order valence-electron chi connectivity index (χ0n) is 15.0. The summed E-state index contributed by atoms with van der Waals surface area (Å²) in [4.78, 5) is 23.7. The predicted octanol–water partition coefficient (Wildman–Crippen LogP) is 2.25. The molecule has 25 heavy (non-hydrogen) atoms. The molecule has 1 aliphatic heterocycles. The molecule has 3 heterocycles. The summed E-state index contributed by atoms with van der Waals surface area (Å²) in [5.74, 6) is 1.89. The Balaban J connectivity index is 1.92. The minimum absolute atomic E-state index is 0.0892. The highest BCUT2D eigenvalue weighted by atomic mass is 16.5. The molecule has 0 bridgehead atoms. The molecule has 134 valence electrons. The first-order chi connectivity index (χ1) is 12.0. The molecule has 1 amide bonds. The highest BCUT2D eigenvalue weighted by Crippen LogP contribution is 2.33. The number of methoxy groups -OCH3 is 1. The summed E-state index contributed by atoms with van der Waals surface area (Å²) in [5.41, 5.74) is 1.87. The number of aromatic nitrogens is 3. The van der Waals surface area contributed by atoms with Crippen molar-refractivity contribution < 1.29 is 14.1 Å². The largest absolute Gasteiger partial charge is 0.380 e. The smallest absolute Gasteiger partial charge is 0.276 e. The van der Waals surface area contributed by atoms with Gasteiger partial charge >= 0.3 is 0 Å². The van der Waals surface area contributed by atoms with Crippen LogP contribution in [-0.4, -0.2) is 46.6 Å². The van der Waals surface area contributed by atoms with Gasteiger partial charge in [0.2, 0.25) is 0 Å². The SMILES string of the molecule is CNc1cc(C2CCCN2C(=O)c2noc(C)c2COC)nc(C)n1. The van der Waals surface area contributed by atoms with Crippen LogP contribution in [0.4, 0.5) is 5.82 Å². The third-order valence-electron chi connectivity index (χ3n) is 4.44. The van der Waals surface area contributed by atoms with E-state index in [2.05, 4.69) is 20.4 Å². The molecule has 0 saturated carbocycles. The van der Waals surface area contributed by atoms with Crippen molar-refractivity contribution in [3.05, 3.63) is 34.6 Å². The Kier molecular flexibility index (Phi) is 4.98. The van der Waals surface area contributed by atoms with Crippen LogP contribution >= 0.6 is 0 Å². The Morgan fingerprint density at radius 3 is 2.96 bits per heavy atom. The van der Waals surface area contributed by atoms with Gasteiger partial charge in [-0.05, 0) is 26.7 Å². The summed E-state index contributed by atoms with van der Waals surface area (Å²) in [6, 6.07) is 1.81. The maximum atomic E-state index is 13.1. The van der Waals surface area contributed by atoms with E-state index in [1.807, 2.05) is 24.9 Å². The second-order valence-electron chi connectivity index (χ2n) is 6.13. The van der Waals surface area contributed by atoms with Gasteiger partial charge in [-0.15, -0.1) is 0 Å². The van der Waals surface area contributed by atoms with Gasteiger partial charge in [0.25, 0.3) is 5.91 Å². The second kappa shape index (κ2) is 7.18. The quantitative estimate of drug-likeness (QED) is 0.888. The molecule has 0 spiro atoms. The molecule has 0 radical (unpaired) electrons. The molecule has 0 aromatic carbocycles. The molecule has 1 saturated heterocycles. The molecule has 0 aliphatic carbocycles. The second-order valence-corrected chi connectivity index (χ2v) is 6.13. The third kappa shape index (κ3) is 3.34. The third-order valence-corrected chi connectivity index (χ3v) is 4.44. The van der Waals surface area contributed by atoms with E-state index in [0.29, 0.717) is 36.0 Å². The zero-order valence-corrected chi connectivity index (χ0v) is 15.0. The van der Waals surface area contributed by atoms with Crippen LogP contribution in [0.25, 0.3) is 0 Å². The van der Waals surface area contributed by atoms with Gasteiger partial charge in [0, 0.05) is 26.8 Å². The summed E-state index contributed by atoms with van der Waals surface area (Å²) < 4.78 is 10.4. The van der Waals surface area contributed by atoms with E-state index in [0.717, 1.165) is 24.4 Å².